The molecule has 1 aromatic carbocycles. The minimum atomic E-state index is -2.94. The van der Waals surface area contributed by atoms with Gasteiger partial charge in [-0.3, -0.25) is 4.79 Å². The van der Waals surface area contributed by atoms with E-state index in [0.717, 1.165) is 58.3 Å². The molecule has 2 fully saturated rings. The van der Waals surface area contributed by atoms with Crippen LogP contribution in [0.5, 0.6) is 11.5 Å². The second kappa shape index (κ2) is 13.2. The molecule has 2 aromatic rings. The van der Waals surface area contributed by atoms with Gasteiger partial charge in [-0.25, -0.2) is 22.8 Å². The van der Waals surface area contributed by atoms with Crippen LogP contribution in [0.2, 0.25) is 0 Å². The molecule has 0 spiro atoms. The summed E-state index contributed by atoms with van der Waals surface area (Å²) in [6, 6.07) is 3.94. The van der Waals surface area contributed by atoms with Crippen LogP contribution in [0.25, 0.3) is 0 Å². The Bertz CT molecular complexity index is 1270. The maximum Gasteiger partial charge on any atom is 0.257 e. The topological polar surface area (TPSA) is 105 Å². The van der Waals surface area contributed by atoms with E-state index in [2.05, 4.69) is 20.2 Å². The molecule has 1 N–H and O–H groups in total. The second-order valence-electron chi connectivity index (χ2n) is 11.4. The highest BCUT2D eigenvalue weighted by Gasteiger charge is 2.30. The predicted molar refractivity (Wildman–Crippen MR) is 154 cm³/mol. The fourth-order valence-corrected chi connectivity index (χ4v) is 6.97. The molecule has 0 unspecified atom stereocenters. The first-order valence-electron chi connectivity index (χ1n) is 14.3. The van der Waals surface area contributed by atoms with Crippen molar-refractivity contribution in [1.82, 2.24) is 20.2 Å². The summed E-state index contributed by atoms with van der Waals surface area (Å²) in [4.78, 5) is 25.7. The molecule has 0 radical (unpaired) electrons. The fraction of sp³-hybridized carbons (Fsp3) is 0.621. The van der Waals surface area contributed by atoms with Crippen LogP contribution in [0.4, 0.5) is 10.2 Å². The average molecular weight is 576 g/mol. The molecule has 2 heterocycles. The van der Waals surface area contributed by atoms with Gasteiger partial charge in [0.25, 0.3) is 5.91 Å². The van der Waals surface area contributed by atoms with Crippen LogP contribution >= 0.6 is 0 Å². The van der Waals surface area contributed by atoms with E-state index in [1.807, 2.05) is 20.8 Å². The smallest absolute Gasteiger partial charge is 0.257 e. The molecule has 9 nitrogen and oxygen atoms in total. The lowest BCUT2D eigenvalue weighted by Gasteiger charge is -2.28. The van der Waals surface area contributed by atoms with Crippen LogP contribution in [0.3, 0.4) is 0 Å². The van der Waals surface area contributed by atoms with E-state index in [1.165, 1.54) is 30.8 Å². The number of carbonyl (C=O) groups excluding carboxylic acids is 1. The maximum atomic E-state index is 14.2. The highest BCUT2D eigenvalue weighted by molar-refractivity contribution is 7.91. The first-order valence-corrected chi connectivity index (χ1v) is 16.2. The van der Waals surface area contributed by atoms with Gasteiger partial charge in [-0.2, -0.15) is 0 Å². The Hall–Kier alpha value is -2.79. The van der Waals surface area contributed by atoms with Crippen molar-refractivity contribution in [2.75, 3.05) is 43.9 Å². The minimum Gasteiger partial charge on any atom is -0.451 e. The lowest BCUT2D eigenvalue weighted by atomic mass is 9.89. The summed E-state index contributed by atoms with van der Waals surface area (Å²) in [5.41, 5.74) is 0.166. The van der Waals surface area contributed by atoms with Gasteiger partial charge in [-0.15, -0.1) is 0 Å². The van der Waals surface area contributed by atoms with Gasteiger partial charge in [-0.1, -0.05) is 0 Å². The largest absolute Gasteiger partial charge is 0.451 e. The third-order valence-corrected chi connectivity index (χ3v) is 9.81. The van der Waals surface area contributed by atoms with Gasteiger partial charge >= 0.3 is 0 Å². The molecule has 11 heteroatoms. The van der Waals surface area contributed by atoms with Crippen LogP contribution in [0.15, 0.2) is 30.7 Å². The molecule has 40 heavy (non-hydrogen) atoms. The van der Waals surface area contributed by atoms with Crippen molar-refractivity contribution in [2.45, 2.75) is 64.2 Å². The summed E-state index contributed by atoms with van der Waals surface area (Å²) < 4.78 is 44.0. The number of sulfone groups is 1. The zero-order valence-electron chi connectivity index (χ0n) is 24.0. The number of benzene rings is 1. The fourth-order valence-electron chi connectivity index (χ4n) is 5.84. The van der Waals surface area contributed by atoms with Crippen LogP contribution in [0, 0.1) is 17.7 Å². The van der Waals surface area contributed by atoms with Gasteiger partial charge in [0, 0.05) is 31.9 Å². The van der Waals surface area contributed by atoms with Gasteiger partial charge in [0.05, 0.1) is 17.0 Å². The number of hydrogen-bond acceptors (Lipinski definition) is 8. The summed E-state index contributed by atoms with van der Waals surface area (Å²) in [6.07, 6.45) is 8.82. The highest BCUT2D eigenvalue weighted by Crippen LogP contribution is 2.35. The Morgan fingerprint density at radius 1 is 1.15 bits per heavy atom. The standard InChI is InChI=1S/C29H42FN5O4S/c1-5-35(20(2)3)29(36)25-14-23(30)8-11-26(25)39-27-17-32-19-33-28(27)34-13-12-22(18-34)16-31-15-21-6-9-24(10-7-21)40(4,37)38/h8,11,14,17,19-22,24,31H,5-7,9-10,12-13,15-16,18H2,1-4H3/t21-,22-,24-/m0/s1. The molecule has 1 aromatic heterocycles. The van der Waals surface area contributed by atoms with E-state index < -0.39 is 15.7 Å². The molecule has 0 bridgehead atoms. The molecule has 2 aliphatic rings. The van der Waals surface area contributed by atoms with Crippen molar-refractivity contribution in [2.24, 2.45) is 11.8 Å². The summed E-state index contributed by atoms with van der Waals surface area (Å²) in [5, 5.41) is 3.43. The quantitative estimate of drug-likeness (QED) is 0.423. The molecule has 1 saturated carbocycles. The van der Waals surface area contributed by atoms with Crippen LogP contribution in [-0.4, -0.2) is 79.5 Å². The van der Waals surface area contributed by atoms with Crippen molar-refractivity contribution in [3.05, 3.63) is 42.1 Å². The number of halogens is 1. The Labute approximate surface area is 237 Å². The van der Waals surface area contributed by atoms with Crippen LogP contribution in [0.1, 0.15) is 63.2 Å². The van der Waals surface area contributed by atoms with Crippen molar-refractivity contribution in [1.29, 1.82) is 0 Å². The van der Waals surface area contributed by atoms with Gasteiger partial charge in [-0.05, 0) is 96.0 Å². The SMILES string of the molecule is CCN(C(=O)c1cc(F)ccc1Oc1cncnc1N1CC[C@@H](CNC[C@H]2CC[C@H](S(C)(=O)=O)CC2)C1)C(C)C. The van der Waals surface area contributed by atoms with E-state index in [-0.39, 0.29) is 28.5 Å². The molecule has 1 aliphatic heterocycles. The number of anilines is 1. The Morgan fingerprint density at radius 2 is 1.88 bits per heavy atom. The molecule has 1 atom stereocenters. The van der Waals surface area contributed by atoms with Gasteiger partial charge in [0.2, 0.25) is 0 Å². The van der Waals surface area contributed by atoms with Crippen LogP contribution < -0.4 is 15.0 Å². The molecular formula is C29H42FN5O4S. The van der Waals surface area contributed by atoms with E-state index in [1.54, 1.807) is 11.1 Å². The number of aromatic nitrogens is 2. The molecule has 1 amide bonds. The number of rotatable bonds is 11. The van der Waals surface area contributed by atoms with Crippen molar-refractivity contribution in [3.8, 4) is 11.5 Å². The Balaban J connectivity index is 1.37. The number of carbonyl (C=O) groups is 1. The maximum absolute atomic E-state index is 14.2. The zero-order chi connectivity index (χ0) is 28.9. The molecule has 220 valence electrons. The molecule has 1 aliphatic carbocycles. The van der Waals surface area contributed by atoms with E-state index in [4.69, 9.17) is 4.74 Å². The monoisotopic (exact) mass is 575 g/mol. The van der Waals surface area contributed by atoms with Crippen molar-refractivity contribution >= 4 is 21.6 Å². The Kier molecular flexibility index (Phi) is 9.99. The average Bonchev–Trinajstić information content (AvgIpc) is 3.38. The van der Waals surface area contributed by atoms with E-state index >= 15 is 0 Å². The number of nitrogens with zero attached hydrogens (tertiary/aromatic N) is 4. The Morgan fingerprint density at radius 3 is 2.55 bits per heavy atom. The number of hydrogen-bond donors (Lipinski definition) is 1. The number of ether oxygens (including phenoxy) is 1. The summed E-state index contributed by atoms with van der Waals surface area (Å²) in [5.74, 6) is 1.50. The summed E-state index contributed by atoms with van der Waals surface area (Å²) in [6.45, 7) is 9.63. The molecule has 1 saturated heterocycles. The third kappa shape index (κ3) is 7.48. The first-order chi connectivity index (χ1) is 19.1. The zero-order valence-corrected chi connectivity index (χ0v) is 24.8. The normalized spacial score (nSPS) is 21.6. The van der Waals surface area contributed by atoms with Crippen molar-refractivity contribution in [3.63, 3.8) is 0 Å². The first kappa shape index (κ1) is 30.2. The van der Waals surface area contributed by atoms with E-state index in [0.29, 0.717) is 29.9 Å². The van der Waals surface area contributed by atoms with Crippen molar-refractivity contribution < 1.29 is 22.3 Å². The summed E-state index contributed by atoms with van der Waals surface area (Å²) >= 11 is 0. The minimum absolute atomic E-state index is 0.0399. The molecule has 4 rings (SSSR count). The summed E-state index contributed by atoms with van der Waals surface area (Å²) in [7, 11) is -2.94. The second-order valence-corrected chi connectivity index (χ2v) is 13.7. The van der Waals surface area contributed by atoms with Gasteiger partial charge in [0.1, 0.15) is 27.7 Å². The lowest BCUT2D eigenvalue weighted by Crippen LogP contribution is -2.36. The van der Waals surface area contributed by atoms with Gasteiger partial charge < -0.3 is 19.9 Å². The number of nitrogens with one attached hydrogen (secondary N) is 1. The number of amides is 1. The molecular weight excluding hydrogens is 533 g/mol. The third-order valence-electron chi connectivity index (χ3n) is 8.13. The van der Waals surface area contributed by atoms with E-state index in [9.17, 15) is 17.6 Å². The highest BCUT2D eigenvalue weighted by atomic mass is 32.2. The lowest BCUT2D eigenvalue weighted by molar-refractivity contribution is 0.0713. The van der Waals surface area contributed by atoms with Gasteiger partial charge in [0.15, 0.2) is 11.6 Å². The predicted octanol–water partition coefficient (Wildman–Crippen LogP) is 4.30. The van der Waals surface area contributed by atoms with Crippen LogP contribution in [-0.2, 0) is 9.84 Å².